The Labute approximate surface area is 96.4 Å². The molecule has 92 valence electrons. The predicted octanol–water partition coefficient (Wildman–Crippen LogP) is 2.74. The molecule has 0 heterocycles. The normalized spacial score (nSPS) is 16.0. The van der Waals surface area contributed by atoms with Crippen LogP contribution in [0.3, 0.4) is 0 Å². The highest BCUT2D eigenvalue weighted by Gasteiger charge is 2.13. The number of nitrogens with one attached hydrogen (secondary N) is 1. The third kappa shape index (κ3) is 6.91. The highest BCUT2D eigenvalue weighted by atomic mass is 15.2. The Kier molecular flexibility index (Phi) is 8.07. The highest BCUT2D eigenvalue weighted by Crippen LogP contribution is 2.04. The predicted molar refractivity (Wildman–Crippen MR) is 69.3 cm³/mol. The van der Waals surface area contributed by atoms with E-state index in [1.165, 1.54) is 13.0 Å². The monoisotopic (exact) mass is 214 g/mol. The fourth-order valence-corrected chi connectivity index (χ4v) is 1.73. The molecular formula is C13H30N2. The molecule has 0 aliphatic heterocycles. The molecule has 0 amide bonds. The van der Waals surface area contributed by atoms with Crippen molar-refractivity contribution in [3.05, 3.63) is 0 Å². The van der Waals surface area contributed by atoms with Crippen molar-refractivity contribution in [1.82, 2.24) is 10.2 Å². The van der Waals surface area contributed by atoms with E-state index in [2.05, 4.69) is 51.8 Å². The summed E-state index contributed by atoms with van der Waals surface area (Å²) < 4.78 is 0. The lowest BCUT2D eigenvalue weighted by Crippen LogP contribution is -2.44. The molecule has 0 saturated heterocycles. The molecule has 0 aromatic heterocycles. The van der Waals surface area contributed by atoms with E-state index < -0.39 is 0 Å². The van der Waals surface area contributed by atoms with Crippen molar-refractivity contribution in [3.63, 3.8) is 0 Å². The summed E-state index contributed by atoms with van der Waals surface area (Å²) in [4.78, 5) is 2.56. The van der Waals surface area contributed by atoms with Gasteiger partial charge in [-0.1, -0.05) is 27.7 Å². The van der Waals surface area contributed by atoms with E-state index in [1.807, 2.05) is 0 Å². The second kappa shape index (κ2) is 8.12. The lowest BCUT2D eigenvalue weighted by Gasteiger charge is -2.30. The van der Waals surface area contributed by atoms with Crippen LogP contribution < -0.4 is 5.32 Å². The van der Waals surface area contributed by atoms with Crippen molar-refractivity contribution < 1.29 is 0 Å². The van der Waals surface area contributed by atoms with Gasteiger partial charge in [0.25, 0.3) is 0 Å². The van der Waals surface area contributed by atoms with Crippen molar-refractivity contribution in [1.29, 1.82) is 0 Å². The number of hydrogen-bond acceptors (Lipinski definition) is 2. The molecule has 1 N–H and O–H groups in total. The Morgan fingerprint density at radius 2 is 1.67 bits per heavy atom. The number of nitrogens with zero attached hydrogens (tertiary/aromatic N) is 1. The summed E-state index contributed by atoms with van der Waals surface area (Å²) in [6.07, 6.45) is 1.21. The maximum absolute atomic E-state index is 3.58. The van der Waals surface area contributed by atoms with Crippen LogP contribution in [0.5, 0.6) is 0 Å². The summed E-state index contributed by atoms with van der Waals surface area (Å²) in [5.74, 6) is 0.760. The molecule has 0 bridgehead atoms. The molecule has 0 radical (unpaired) electrons. The topological polar surface area (TPSA) is 15.3 Å². The van der Waals surface area contributed by atoms with Gasteiger partial charge in [0.1, 0.15) is 0 Å². The van der Waals surface area contributed by atoms with Gasteiger partial charge < -0.3 is 5.32 Å². The molecule has 0 spiro atoms. The Morgan fingerprint density at radius 1 is 1.07 bits per heavy atom. The molecule has 2 nitrogen and oxygen atoms in total. The third-order valence-electron chi connectivity index (χ3n) is 3.00. The zero-order chi connectivity index (χ0) is 11.8. The van der Waals surface area contributed by atoms with Gasteiger partial charge in [-0.15, -0.1) is 0 Å². The summed E-state index contributed by atoms with van der Waals surface area (Å²) in [7, 11) is 0. The Hall–Kier alpha value is -0.0800. The van der Waals surface area contributed by atoms with E-state index in [4.69, 9.17) is 0 Å². The molecule has 0 aromatic rings. The lowest BCUT2D eigenvalue weighted by molar-refractivity contribution is 0.189. The zero-order valence-electron chi connectivity index (χ0n) is 11.5. The van der Waals surface area contributed by atoms with E-state index in [9.17, 15) is 0 Å². The van der Waals surface area contributed by atoms with Crippen LogP contribution in [0.2, 0.25) is 0 Å². The van der Waals surface area contributed by atoms with Gasteiger partial charge in [-0.3, -0.25) is 4.90 Å². The summed E-state index contributed by atoms with van der Waals surface area (Å²) >= 11 is 0. The van der Waals surface area contributed by atoms with E-state index >= 15 is 0 Å². The van der Waals surface area contributed by atoms with Gasteiger partial charge in [-0.25, -0.2) is 0 Å². The molecule has 0 aliphatic rings. The van der Waals surface area contributed by atoms with Crippen molar-refractivity contribution >= 4 is 0 Å². The second-order valence-corrected chi connectivity index (χ2v) is 5.05. The largest absolute Gasteiger partial charge is 0.313 e. The van der Waals surface area contributed by atoms with E-state index in [1.54, 1.807) is 0 Å². The minimum Gasteiger partial charge on any atom is -0.313 e. The number of likely N-dealkylation sites (N-methyl/N-ethyl adjacent to an activating group) is 1. The molecule has 15 heavy (non-hydrogen) atoms. The quantitative estimate of drug-likeness (QED) is 0.668. The van der Waals surface area contributed by atoms with Crippen LogP contribution in [0.15, 0.2) is 0 Å². The van der Waals surface area contributed by atoms with Crippen molar-refractivity contribution in [2.75, 3.05) is 19.6 Å². The average Bonchev–Trinajstić information content (AvgIpc) is 2.21. The van der Waals surface area contributed by atoms with Crippen LogP contribution in [0.1, 0.15) is 48.0 Å². The maximum Gasteiger partial charge on any atom is 0.0192 e. The standard InChI is InChI=1S/C13H30N2/c1-7-12(5)14-9-13(6)15(8-2)10-11(3)4/h11-14H,7-10H2,1-6H3. The Balaban J connectivity index is 3.87. The molecule has 0 aliphatic carbocycles. The Bertz CT molecular complexity index is 145. The summed E-state index contributed by atoms with van der Waals surface area (Å²) in [5.41, 5.74) is 0. The van der Waals surface area contributed by atoms with Crippen LogP contribution in [0, 0.1) is 5.92 Å². The van der Waals surface area contributed by atoms with Gasteiger partial charge in [-0.05, 0) is 32.7 Å². The van der Waals surface area contributed by atoms with E-state index in [0.29, 0.717) is 12.1 Å². The van der Waals surface area contributed by atoms with E-state index in [0.717, 1.165) is 19.0 Å². The fraction of sp³-hybridized carbons (Fsp3) is 1.00. The van der Waals surface area contributed by atoms with Gasteiger partial charge in [0.05, 0.1) is 0 Å². The third-order valence-corrected chi connectivity index (χ3v) is 3.00. The number of hydrogen-bond donors (Lipinski definition) is 1. The average molecular weight is 214 g/mol. The van der Waals surface area contributed by atoms with Gasteiger partial charge in [0, 0.05) is 25.2 Å². The van der Waals surface area contributed by atoms with Crippen LogP contribution in [0.25, 0.3) is 0 Å². The highest BCUT2D eigenvalue weighted by molar-refractivity contribution is 4.71. The van der Waals surface area contributed by atoms with E-state index in [-0.39, 0.29) is 0 Å². The van der Waals surface area contributed by atoms with Crippen LogP contribution in [-0.4, -0.2) is 36.6 Å². The SMILES string of the molecule is CCC(C)NCC(C)N(CC)CC(C)C. The van der Waals surface area contributed by atoms with Gasteiger partial charge in [-0.2, -0.15) is 0 Å². The number of rotatable bonds is 8. The van der Waals surface area contributed by atoms with Crippen LogP contribution >= 0.6 is 0 Å². The second-order valence-electron chi connectivity index (χ2n) is 5.05. The first kappa shape index (κ1) is 14.9. The molecular weight excluding hydrogens is 184 g/mol. The van der Waals surface area contributed by atoms with Crippen molar-refractivity contribution in [3.8, 4) is 0 Å². The Morgan fingerprint density at radius 3 is 2.07 bits per heavy atom. The van der Waals surface area contributed by atoms with Crippen LogP contribution in [-0.2, 0) is 0 Å². The van der Waals surface area contributed by atoms with Crippen LogP contribution in [0.4, 0.5) is 0 Å². The van der Waals surface area contributed by atoms with Gasteiger partial charge >= 0.3 is 0 Å². The minimum absolute atomic E-state index is 0.644. The van der Waals surface area contributed by atoms with Gasteiger partial charge in [0.15, 0.2) is 0 Å². The molecule has 2 atom stereocenters. The lowest BCUT2D eigenvalue weighted by atomic mass is 10.1. The van der Waals surface area contributed by atoms with Gasteiger partial charge in [0.2, 0.25) is 0 Å². The first-order chi connectivity index (χ1) is 7.01. The molecule has 0 fully saturated rings. The first-order valence-electron chi connectivity index (χ1n) is 6.48. The molecule has 0 rings (SSSR count). The minimum atomic E-state index is 0.644. The summed E-state index contributed by atoms with van der Waals surface area (Å²) in [6, 6.07) is 1.29. The molecule has 2 unspecified atom stereocenters. The zero-order valence-corrected chi connectivity index (χ0v) is 11.5. The molecule has 2 heteroatoms. The maximum atomic E-state index is 3.58. The summed E-state index contributed by atoms with van der Waals surface area (Å²) in [5, 5.41) is 3.58. The first-order valence-corrected chi connectivity index (χ1v) is 6.48. The molecule has 0 saturated carbocycles. The smallest absolute Gasteiger partial charge is 0.0192 e. The summed E-state index contributed by atoms with van der Waals surface area (Å²) in [6.45, 7) is 17.1. The van der Waals surface area contributed by atoms with Crippen molar-refractivity contribution in [2.24, 2.45) is 5.92 Å². The molecule has 0 aromatic carbocycles. The fourth-order valence-electron chi connectivity index (χ4n) is 1.73. The van der Waals surface area contributed by atoms with Crippen molar-refractivity contribution in [2.45, 2.75) is 60.0 Å².